The molecule has 1 saturated heterocycles. The molecule has 0 saturated carbocycles. The summed E-state index contributed by atoms with van der Waals surface area (Å²) in [7, 11) is 0. The Hall–Kier alpha value is -1.16. The first kappa shape index (κ1) is 11.9. The molecule has 0 aromatic heterocycles. The fourth-order valence-corrected chi connectivity index (χ4v) is 1.63. The highest BCUT2D eigenvalue weighted by atomic mass is 16.5. The number of carbonyl (C=O) groups is 2. The van der Waals surface area contributed by atoms with E-state index in [4.69, 9.17) is 4.74 Å². The third kappa shape index (κ3) is 2.89. The van der Waals surface area contributed by atoms with Crippen LogP contribution in [0.5, 0.6) is 0 Å². The zero-order valence-corrected chi connectivity index (χ0v) is 9.23. The fraction of sp³-hybridized carbons (Fsp3) is 0.636. The number of amides is 2. The maximum absolute atomic E-state index is 11.7. The van der Waals surface area contributed by atoms with E-state index in [1.807, 2.05) is 19.9 Å². The molecule has 0 bridgehead atoms. The van der Waals surface area contributed by atoms with Crippen molar-refractivity contribution in [2.45, 2.75) is 20.3 Å². The van der Waals surface area contributed by atoms with Gasteiger partial charge in [-0.05, 0) is 13.8 Å². The van der Waals surface area contributed by atoms with Crippen molar-refractivity contribution in [2.75, 3.05) is 19.8 Å². The predicted molar refractivity (Wildman–Crippen MR) is 56.1 cm³/mol. The van der Waals surface area contributed by atoms with Crippen LogP contribution in [0.1, 0.15) is 20.3 Å². The first-order chi connectivity index (χ1) is 7.20. The fourth-order valence-electron chi connectivity index (χ4n) is 1.63. The number of carbonyl (C=O) groups excluding carboxylic acids is 2. The topological polar surface area (TPSA) is 46.6 Å². The van der Waals surface area contributed by atoms with Gasteiger partial charge in [0.25, 0.3) is 0 Å². The molecule has 84 valence electrons. The maximum atomic E-state index is 11.7. The van der Waals surface area contributed by atoms with Crippen LogP contribution in [0.25, 0.3) is 0 Å². The van der Waals surface area contributed by atoms with Crippen molar-refractivity contribution in [2.24, 2.45) is 5.92 Å². The predicted octanol–water partition coefficient (Wildman–Crippen LogP) is 0.974. The summed E-state index contributed by atoms with van der Waals surface area (Å²) < 4.78 is 5.12. The molecule has 0 N–H and O–H groups in total. The molecule has 0 aliphatic carbocycles. The van der Waals surface area contributed by atoms with Crippen LogP contribution >= 0.6 is 0 Å². The zero-order chi connectivity index (χ0) is 11.3. The lowest BCUT2D eigenvalue weighted by molar-refractivity contribution is -0.139. The van der Waals surface area contributed by atoms with Crippen LogP contribution in [-0.2, 0) is 14.3 Å². The molecule has 4 heteroatoms. The monoisotopic (exact) mass is 211 g/mol. The third-order valence-corrected chi connectivity index (χ3v) is 2.37. The van der Waals surface area contributed by atoms with Gasteiger partial charge in [-0.1, -0.05) is 12.2 Å². The minimum Gasteiger partial charge on any atom is -0.380 e. The standard InChI is InChI=1S/C11H17NO3/c1-3-5-9-8-10(13)12(11(9)14)6-7-15-4-2/h3,5,9H,4,6-8H2,1-2H3/b5-3+. The van der Waals surface area contributed by atoms with E-state index in [-0.39, 0.29) is 17.7 Å². The van der Waals surface area contributed by atoms with E-state index in [0.717, 1.165) is 0 Å². The highest BCUT2D eigenvalue weighted by Crippen LogP contribution is 2.20. The van der Waals surface area contributed by atoms with Crippen molar-refractivity contribution in [1.29, 1.82) is 0 Å². The number of hydrogen-bond acceptors (Lipinski definition) is 3. The molecule has 1 rings (SSSR count). The molecule has 2 amide bonds. The third-order valence-electron chi connectivity index (χ3n) is 2.37. The van der Waals surface area contributed by atoms with Gasteiger partial charge < -0.3 is 4.74 Å². The van der Waals surface area contributed by atoms with Crippen LogP contribution in [0.2, 0.25) is 0 Å². The Morgan fingerprint density at radius 3 is 2.87 bits per heavy atom. The Kier molecular flexibility index (Phi) is 4.49. The van der Waals surface area contributed by atoms with E-state index >= 15 is 0 Å². The highest BCUT2D eigenvalue weighted by Gasteiger charge is 2.36. The van der Waals surface area contributed by atoms with E-state index in [0.29, 0.717) is 26.2 Å². The molecule has 1 heterocycles. The molecule has 1 unspecified atom stereocenters. The molecule has 1 atom stereocenters. The van der Waals surface area contributed by atoms with Gasteiger partial charge in [0, 0.05) is 13.0 Å². The van der Waals surface area contributed by atoms with Crippen molar-refractivity contribution in [3.8, 4) is 0 Å². The maximum Gasteiger partial charge on any atom is 0.236 e. The summed E-state index contributed by atoms with van der Waals surface area (Å²) in [4.78, 5) is 24.5. The van der Waals surface area contributed by atoms with Crippen molar-refractivity contribution in [3.05, 3.63) is 12.2 Å². The molecule has 0 radical (unpaired) electrons. The number of nitrogens with zero attached hydrogens (tertiary/aromatic N) is 1. The minimum atomic E-state index is -0.260. The molecule has 1 aliphatic heterocycles. The summed E-state index contributed by atoms with van der Waals surface area (Å²) in [6, 6.07) is 0. The Labute approximate surface area is 89.9 Å². The molecule has 0 spiro atoms. The van der Waals surface area contributed by atoms with Crippen LogP contribution in [0.4, 0.5) is 0 Å². The van der Waals surface area contributed by atoms with E-state index in [2.05, 4.69) is 0 Å². The average molecular weight is 211 g/mol. The van der Waals surface area contributed by atoms with Gasteiger partial charge in [0.15, 0.2) is 0 Å². The van der Waals surface area contributed by atoms with Crippen molar-refractivity contribution >= 4 is 11.8 Å². The smallest absolute Gasteiger partial charge is 0.236 e. The first-order valence-electron chi connectivity index (χ1n) is 5.25. The first-order valence-corrected chi connectivity index (χ1v) is 5.25. The summed E-state index contributed by atoms with van der Waals surface area (Å²) in [5, 5.41) is 0. The van der Waals surface area contributed by atoms with E-state index in [1.54, 1.807) is 6.08 Å². The minimum absolute atomic E-state index is 0.0946. The van der Waals surface area contributed by atoms with Crippen LogP contribution < -0.4 is 0 Å². The Bertz CT molecular complexity index is 273. The molecular weight excluding hydrogens is 194 g/mol. The van der Waals surface area contributed by atoms with Crippen molar-refractivity contribution in [1.82, 2.24) is 4.90 Å². The molecule has 1 aliphatic rings. The van der Waals surface area contributed by atoms with Crippen LogP contribution in [-0.4, -0.2) is 36.5 Å². The van der Waals surface area contributed by atoms with Gasteiger partial charge >= 0.3 is 0 Å². The zero-order valence-electron chi connectivity index (χ0n) is 9.23. The largest absolute Gasteiger partial charge is 0.380 e. The summed E-state index contributed by atoms with van der Waals surface area (Å²) in [5.74, 6) is -0.454. The molecule has 0 aromatic carbocycles. The number of likely N-dealkylation sites (tertiary alicyclic amines) is 1. The van der Waals surface area contributed by atoms with Crippen molar-refractivity contribution in [3.63, 3.8) is 0 Å². The lowest BCUT2D eigenvalue weighted by Crippen LogP contribution is -2.33. The summed E-state index contributed by atoms with van der Waals surface area (Å²) >= 11 is 0. The van der Waals surface area contributed by atoms with E-state index < -0.39 is 0 Å². The number of hydrogen-bond donors (Lipinski definition) is 0. The van der Waals surface area contributed by atoms with Gasteiger partial charge in [0.2, 0.25) is 11.8 Å². The normalized spacial score (nSPS) is 22.0. The lowest BCUT2D eigenvalue weighted by Gasteiger charge is -2.13. The van der Waals surface area contributed by atoms with Gasteiger partial charge in [-0.2, -0.15) is 0 Å². The number of allylic oxidation sites excluding steroid dienone is 1. The van der Waals surface area contributed by atoms with Crippen molar-refractivity contribution < 1.29 is 14.3 Å². The number of rotatable bonds is 5. The van der Waals surface area contributed by atoms with Crippen LogP contribution in [0.3, 0.4) is 0 Å². The van der Waals surface area contributed by atoms with E-state index in [1.165, 1.54) is 4.90 Å². The molecule has 1 fully saturated rings. The molecule has 0 aromatic rings. The summed E-state index contributed by atoms with van der Waals surface area (Å²) in [6.07, 6.45) is 3.89. The number of ether oxygens (including phenoxy) is 1. The Morgan fingerprint density at radius 1 is 1.53 bits per heavy atom. The summed E-state index contributed by atoms with van der Waals surface area (Å²) in [6.45, 7) is 5.14. The van der Waals surface area contributed by atoms with Crippen LogP contribution in [0.15, 0.2) is 12.2 Å². The Morgan fingerprint density at radius 2 is 2.27 bits per heavy atom. The van der Waals surface area contributed by atoms with Gasteiger partial charge in [0.05, 0.1) is 19.1 Å². The van der Waals surface area contributed by atoms with E-state index in [9.17, 15) is 9.59 Å². The molecule has 15 heavy (non-hydrogen) atoms. The average Bonchev–Trinajstić information content (AvgIpc) is 2.46. The second-order valence-corrected chi connectivity index (χ2v) is 3.42. The SMILES string of the molecule is C/C=C/C1CC(=O)N(CCOCC)C1=O. The van der Waals surface area contributed by atoms with Crippen LogP contribution in [0, 0.1) is 5.92 Å². The molecule has 4 nitrogen and oxygen atoms in total. The highest BCUT2D eigenvalue weighted by molar-refractivity contribution is 6.04. The van der Waals surface area contributed by atoms with Gasteiger partial charge in [-0.15, -0.1) is 0 Å². The number of imide groups is 1. The quantitative estimate of drug-likeness (QED) is 0.387. The summed E-state index contributed by atoms with van der Waals surface area (Å²) in [5.41, 5.74) is 0. The second-order valence-electron chi connectivity index (χ2n) is 3.42. The van der Waals surface area contributed by atoms with Gasteiger partial charge in [-0.3, -0.25) is 14.5 Å². The Balaban J connectivity index is 2.51. The second kappa shape index (κ2) is 5.66. The molecular formula is C11H17NO3. The lowest BCUT2D eigenvalue weighted by atomic mass is 10.1. The van der Waals surface area contributed by atoms with Gasteiger partial charge in [0.1, 0.15) is 0 Å². The van der Waals surface area contributed by atoms with Gasteiger partial charge in [-0.25, -0.2) is 0 Å².